The van der Waals surface area contributed by atoms with Crippen LogP contribution < -0.4 is 14.4 Å². The lowest BCUT2D eigenvalue weighted by atomic mass is 10.1. The number of hydrogen-bond acceptors (Lipinski definition) is 6. The van der Waals surface area contributed by atoms with E-state index in [-0.39, 0.29) is 0 Å². The van der Waals surface area contributed by atoms with Crippen LogP contribution in [0, 0.1) is 0 Å². The molecule has 1 aromatic heterocycles. The SMILES string of the molecule is CCOc1ccccc1-c1cc(Nc2cccc(N(C)S(C)(=O)=O)c2)ncn1. The van der Waals surface area contributed by atoms with Crippen LogP contribution >= 0.6 is 0 Å². The molecule has 0 fully saturated rings. The number of para-hydroxylation sites is 1. The Balaban J connectivity index is 1.89. The molecule has 0 aliphatic heterocycles. The number of hydrogen-bond donors (Lipinski definition) is 1. The molecule has 0 atom stereocenters. The first-order valence-corrected chi connectivity index (χ1v) is 10.6. The van der Waals surface area contributed by atoms with Crippen molar-refractivity contribution < 1.29 is 13.2 Å². The standard InChI is InChI=1S/C20H22N4O3S/c1-4-27-19-11-6-5-10-17(19)18-13-20(22-14-21-18)23-15-8-7-9-16(12-15)24(2)28(3,25)26/h5-14H,4H2,1-3H3,(H,21,22,23). The molecule has 0 saturated carbocycles. The highest BCUT2D eigenvalue weighted by Gasteiger charge is 2.13. The number of aromatic nitrogens is 2. The summed E-state index contributed by atoms with van der Waals surface area (Å²) in [7, 11) is -1.82. The van der Waals surface area contributed by atoms with Crippen molar-refractivity contribution in [1.29, 1.82) is 0 Å². The number of sulfonamides is 1. The second-order valence-corrected chi connectivity index (χ2v) is 8.14. The Bertz CT molecular complexity index is 1070. The van der Waals surface area contributed by atoms with Gasteiger partial charge in [-0.3, -0.25) is 4.31 Å². The molecule has 0 radical (unpaired) electrons. The molecule has 1 heterocycles. The van der Waals surface area contributed by atoms with Crippen LogP contribution in [0.5, 0.6) is 5.75 Å². The van der Waals surface area contributed by atoms with E-state index in [2.05, 4.69) is 15.3 Å². The summed E-state index contributed by atoms with van der Waals surface area (Å²) in [5, 5.41) is 3.20. The molecule has 3 aromatic rings. The molecule has 7 nitrogen and oxygen atoms in total. The monoisotopic (exact) mass is 398 g/mol. The van der Waals surface area contributed by atoms with E-state index in [1.165, 1.54) is 23.9 Å². The first kappa shape index (κ1) is 19.6. The molecule has 0 aliphatic carbocycles. The van der Waals surface area contributed by atoms with Crippen LogP contribution in [0.3, 0.4) is 0 Å². The molecule has 2 aromatic carbocycles. The zero-order valence-electron chi connectivity index (χ0n) is 16.0. The van der Waals surface area contributed by atoms with Gasteiger partial charge in [0.05, 0.1) is 24.2 Å². The third kappa shape index (κ3) is 4.58. The highest BCUT2D eigenvalue weighted by atomic mass is 32.2. The van der Waals surface area contributed by atoms with Gasteiger partial charge in [-0.05, 0) is 37.3 Å². The summed E-state index contributed by atoms with van der Waals surface area (Å²) in [6, 6.07) is 16.6. The lowest BCUT2D eigenvalue weighted by Crippen LogP contribution is -2.24. The number of rotatable bonds is 7. The average molecular weight is 398 g/mol. The van der Waals surface area contributed by atoms with E-state index >= 15 is 0 Å². The molecule has 0 saturated heterocycles. The molecule has 8 heteroatoms. The first-order valence-electron chi connectivity index (χ1n) is 8.73. The Hall–Kier alpha value is -3.13. The lowest BCUT2D eigenvalue weighted by Gasteiger charge is -2.17. The second kappa shape index (κ2) is 8.26. The molecular weight excluding hydrogens is 376 g/mol. The highest BCUT2D eigenvalue weighted by Crippen LogP contribution is 2.30. The van der Waals surface area contributed by atoms with E-state index in [1.54, 1.807) is 18.2 Å². The zero-order valence-corrected chi connectivity index (χ0v) is 16.8. The van der Waals surface area contributed by atoms with Crippen molar-refractivity contribution in [3.8, 4) is 17.0 Å². The molecule has 3 rings (SSSR count). The number of ether oxygens (including phenoxy) is 1. The van der Waals surface area contributed by atoms with E-state index in [1.807, 2.05) is 43.3 Å². The summed E-state index contributed by atoms with van der Waals surface area (Å²) in [5.41, 5.74) is 2.88. The van der Waals surface area contributed by atoms with E-state index in [4.69, 9.17) is 4.74 Å². The smallest absolute Gasteiger partial charge is 0.231 e. The molecular formula is C20H22N4O3S. The molecule has 0 aliphatic rings. The van der Waals surface area contributed by atoms with Crippen molar-refractivity contribution >= 4 is 27.2 Å². The fourth-order valence-corrected chi connectivity index (χ4v) is 3.15. The van der Waals surface area contributed by atoms with E-state index < -0.39 is 10.0 Å². The molecule has 0 spiro atoms. The Morgan fingerprint density at radius 1 is 1.07 bits per heavy atom. The van der Waals surface area contributed by atoms with Gasteiger partial charge in [-0.25, -0.2) is 18.4 Å². The maximum Gasteiger partial charge on any atom is 0.231 e. The minimum atomic E-state index is -3.33. The fraction of sp³-hybridized carbons (Fsp3) is 0.200. The third-order valence-electron chi connectivity index (χ3n) is 4.11. The summed E-state index contributed by atoms with van der Waals surface area (Å²) in [5.74, 6) is 1.35. The number of nitrogens with one attached hydrogen (secondary N) is 1. The van der Waals surface area contributed by atoms with Crippen molar-refractivity contribution in [3.63, 3.8) is 0 Å². The van der Waals surface area contributed by atoms with Gasteiger partial charge < -0.3 is 10.1 Å². The predicted octanol–water partition coefficient (Wildman–Crippen LogP) is 3.68. The number of anilines is 3. The quantitative estimate of drug-likeness (QED) is 0.653. The maximum atomic E-state index is 11.8. The van der Waals surface area contributed by atoms with Crippen LogP contribution in [-0.4, -0.2) is 38.3 Å². The van der Waals surface area contributed by atoms with Gasteiger partial charge in [0.15, 0.2) is 0 Å². The van der Waals surface area contributed by atoms with Gasteiger partial charge in [-0.15, -0.1) is 0 Å². The van der Waals surface area contributed by atoms with Crippen LogP contribution in [0.4, 0.5) is 17.2 Å². The van der Waals surface area contributed by atoms with Crippen LogP contribution in [-0.2, 0) is 10.0 Å². The van der Waals surface area contributed by atoms with Crippen molar-refractivity contribution in [1.82, 2.24) is 9.97 Å². The van der Waals surface area contributed by atoms with Gasteiger partial charge in [0, 0.05) is 24.4 Å². The zero-order chi connectivity index (χ0) is 20.1. The Morgan fingerprint density at radius 3 is 2.61 bits per heavy atom. The van der Waals surface area contributed by atoms with Gasteiger partial charge in [-0.1, -0.05) is 18.2 Å². The largest absolute Gasteiger partial charge is 0.493 e. The normalized spacial score (nSPS) is 11.1. The highest BCUT2D eigenvalue weighted by molar-refractivity contribution is 7.92. The Kier molecular flexibility index (Phi) is 5.79. The van der Waals surface area contributed by atoms with Gasteiger partial charge >= 0.3 is 0 Å². The van der Waals surface area contributed by atoms with Crippen molar-refractivity contribution in [3.05, 3.63) is 60.9 Å². The topological polar surface area (TPSA) is 84.4 Å². The third-order valence-corrected chi connectivity index (χ3v) is 5.32. The van der Waals surface area contributed by atoms with Crippen LogP contribution in [0.25, 0.3) is 11.3 Å². The van der Waals surface area contributed by atoms with E-state index in [0.717, 1.165) is 22.7 Å². The fourth-order valence-electron chi connectivity index (χ4n) is 2.65. The molecule has 0 amide bonds. The van der Waals surface area contributed by atoms with Gasteiger partial charge in [0.1, 0.15) is 17.9 Å². The molecule has 0 unspecified atom stereocenters. The van der Waals surface area contributed by atoms with Gasteiger partial charge in [0.25, 0.3) is 0 Å². The second-order valence-electron chi connectivity index (χ2n) is 6.12. The molecule has 146 valence electrons. The minimum absolute atomic E-state index is 0.559. The van der Waals surface area contributed by atoms with Crippen molar-refractivity contribution in [2.75, 3.05) is 29.5 Å². The Morgan fingerprint density at radius 2 is 1.86 bits per heavy atom. The predicted molar refractivity (Wildman–Crippen MR) is 112 cm³/mol. The van der Waals surface area contributed by atoms with Crippen LogP contribution in [0.1, 0.15) is 6.92 Å². The lowest BCUT2D eigenvalue weighted by molar-refractivity contribution is 0.341. The summed E-state index contributed by atoms with van der Waals surface area (Å²) < 4.78 is 30.4. The summed E-state index contributed by atoms with van der Waals surface area (Å²) >= 11 is 0. The van der Waals surface area contributed by atoms with Crippen LogP contribution in [0.15, 0.2) is 60.9 Å². The summed E-state index contributed by atoms with van der Waals surface area (Å²) in [6.07, 6.45) is 2.65. The molecule has 0 bridgehead atoms. The van der Waals surface area contributed by atoms with Crippen LogP contribution in [0.2, 0.25) is 0 Å². The maximum absolute atomic E-state index is 11.8. The Labute approximate surface area is 165 Å². The molecule has 1 N–H and O–H groups in total. The van der Waals surface area contributed by atoms with E-state index in [0.29, 0.717) is 18.1 Å². The van der Waals surface area contributed by atoms with Gasteiger partial charge in [-0.2, -0.15) is 0 Å². The first-order chi connectivity index (χ1) is 13.4. The summed E-state index contributed by atoms with van der Waals surface area (Å²) in [4.78, 5) is 8.62. The van der Waals surface area contributed by atoms with E-state index in [9.17, 15) is 8.42 Å². The van der Waals surface area contributed by atoms with Crippen molar-refractivity contribution in [2.45, 2.75) is 6.92 Å². The minimum Gasteiger partial charge on any atom is -0.493 e. The number of benzene rings is 2. The average Bonchev–Trinajstić information content (AvgIpc) is 2.68. The number of nitrogens with zero attached hydrogens (tertiary/aromatic N) is 3. The van der Waals surface area contributed by atoms with Gasteiger partial charge in [0.2, 0.25) is 10.0 Å². The summed E-state index contributed by atoms with van der Waals surface area (Å²) in [6.45, 7) is 2.50. The van der Waals surface area contributed by atoms with Crippen molar-refractivity contribution in [2.24, 2.45) is 0 Å². The molecule has 28 heavy (non-hydrogen) atoms.